The summed E-state index contributed by atoms with van der Waals surface area (Å²) in [7, 11) is 1.23. The second kappa shape index (κ2) is 6.48. The van der Waals surface area contributed by atoms with Crippen molar-refractivity contribution in [3.8, 4) is 0 Å². The summed E-state index contributed by atoms with van der Waals surface area (Å²) in [6.45, 7) is 5.13. The molecule has 0 spiro atoms. The average molecular weight is 463 g/mol. The van der Waals surface area contributed by atoms with E-state index in [9.17, 15) is 14.4 Å². The zero-order valence-electron chi connectivity index (χ0n) is 13.6. The summed E-state index contributed by atoms with van der Waals surface area (Å²) in [6.07, 6.45) is -0.800. The molecule has 0 bridgehead atoms. The van der Waals surface area contributed by atoms with E-state index >= 15 is 0 Å². The fourth-order valence-electron chi connectivity index (χ4n) is 2.36. The van der Waals surface area contributed by atoms with Gasteiger partial charge in [0.25, 0.3) is 5.91 Å². The summed E-state index contributed by atoms with van der Waals surface area (Å²) < 4.78 is 8.58. The van der Waals surface area contributed by atoms with E-state index in [0.29, 0.717) is 11.3 Å². The Kier molecular flexibility index (Phi) is 5.11. The molecule has 0 aliphatic carbocycles. The average Bonchev–Trinajstić information content (AvgIpc) is 2.73. The van der Waals surface area contributed by atoms with Crippen LogP contribution in [0.2, 0.25) is 0 Å². The van der Waals surface area contributed by atoms with Crippen molar-refractivity contribution >= 4 is 55.5 Å². The molecule has 2 rings (SSSR count). The first-order chi connectivity index (χ1) is 11.0. The van der Waals surface area contributed by atoms with Gasteiger partial charge in [-0.1, -0.05) is 50.1 Å². The normalized spacial score (nSPS) is 21.2. The van der Waals surface area contributed by atoms with Crippen molar-refractivity contribution in [1.82, 2.24) is 0 Å². The molecule has 1 aliphatic heterocycles. The van der Waals surface area contributed by atoms with E-state index in [1.54, 1.807) is 45.0 Å². The first kappa shape index (κ1) is 18.9. The van der Waals surface area contributed by atoms with E-state index in [-0.39, 0.29) is 0 Å². The van der Waals surface area contributed by atoms with Crippen molar-refractivity contribution in [2.75, 3.05) is 12.0 Å². The zero-order valence-corrected chi connectivity index (χ0v) is 16.8. The molecule has 0 unspecified atom stereocenters. The number of para-hydroxylation sites is 1. The number of ether oxygens (including phenoxy) is 2. The molecule has 0 aromatic heterocycles. The van der Waals surface area contributed by atoms with Crippen molar-refractivity contribution in [1.29, 1.82) is 0 Å². The van der Waals surface area contributed by atoms with E-state index in [1.807, 2.05) is 0 Å². The van der Waals surface area contributed by atoms with Gasteiger partial charge in [0, 0.05) is 5.56 Å². The third-order valence-electron chi connectivity index (χ3n) is 3.38. The first-order valence-electron chi connectivity index (χ1n) is 7.12. The first-order valence-corrected chi connectivity index (χ1v) is 8.82. The predicted octanol–water partition coefficient (Wildman–Crippen LogP) is 3.50. The molecular weight excluding hydrogens is 446 g/mol. The van der Waals surface area contributed by atoms with Crippen LogP contribution in [-0.4, -0.2) is 35.5 Å². The molecule has 1 aromatic carbocycles. The van der Waals surface area contributed by atoms with E-state index in [0.717, 1.165) is 4.90 Å². The summed E-state index contributed by atoms with van der Waals surface area (Å²) in [6, 6.07) is 6.71. The van der Waals surface area contributed by atoms with Crippen LogP contribution in [0.5, 0.6) is 0 Å². The highest BCUT2D eigenvalue weighted by Gasteiger charge is 2.58. The standard InChI is InChI=1S/C16H17Br2NO5/c1-15(2,3)24-14(22)19-10-8-6-5-7-9(10)16(18,13(19)21)11(17)12(20)23-4/h5-8,11H,1-4H3/t11-,16-/m1/s1. The Morgan fingerprint density at radius 1 is 1.25 bits per heavy atom. The Balaban J connectivity index is 2.54. The van der Waals surface area contributed by atoms with Crippen LogP contribution in [0.15, 0.2) is 24.3 Å². The van der Waals surface area contributed by atoms with Gasteiger partial charge in [0.1, 0.15) is 10.4 Å². The van der Waals surface area contributed by atoms with Crippen LogP contribution < -0.4 is 4.90 Å². The Morgan fingerprint density at radius 2 is 1.83 bits per heavy atom. The molecule has 1 aromatic rings. The minimum Gasteiger partial charge on any atom is -0.468 e. The smallest absolute Gasteiger partial charge is 0.421 e. The lowest BCUT2D eigenvalue weighted by Gasteiger charge is -2.27. The number of anilines is 1. The van der Waals surface area contributed by atoms with Crippen molar-refractivity contribution in [2.45, 2.75) is 35.5 Å². The molecule has 0 radical (unpaired) electrons. The zero-order chi connectivity index (χ0) is 18.3. The molecule has 1 heterocycles. The Labute approximate surface area is 156 Å². The Bertz CT molecular complexity index is 700. The summed E-state index contributed by atoms with van der Waals surface area (Å²) in [4.78, 5) is 37.4. The maximum Gasteiger partial charge on any atom is 0.421 e. The lowest BCUT2D eigenvalue weighted by atomic mass is 9.97. The fraction of sp³-hybridized carbons (Fsp3) is 0.438. The number of hydrogen-bond acceptors (Lipinski definition) is 5. The van der Waals surface area contributed by atoms with E-state index in [1.165, 1.54) is 7.11 Å². The second-order valence-electron chi connectivity index (χ2n) is 6.24. The summed E-state index contributed by atoms with van der Waals surface area (Å²) in [5.41, 5.74) is 0.0788. The van der Waals surface area contributed by atoms with Crippen molar-refractivity contribution < 1.29 is 23.9 Å². The number of nitrogens with zero attached hydrogens (tertiary/aromatic N) is 1. The van der Waals surface area contributed by atoms with Crippen LogP contribution in [0.3, 0.4) is 0 Å². The third-order valence-corrected chi connectivity index (χ3v) is 6.28. The molecule has 0 fully saturated rings. The SMILES string of the molecule is COC(=O)[C@@H](Br)[C@@]1(Br)C(=O)N(C(=O)OC(C)(C)C)c2ccccc21. The highest BCUT2D eigenvalue weighted by atomic mass is 79.9. The highest BCUT2D eigenvalue weighted by Crippen LogP contribution is 2.51. The second-order valence-corrected chi connectivity index (χ2v) is 8.40. The number of carbonyl (C=O) groups is 3. The fourth-order valence-corrected chi connectivity index (χ4v) is 3.69. The number of esters is 1. The molecule has 130 valence electrons. The number of rotatable bonds is 2. The highest BCUT2D eigenvalue weighted by molar-refractivity contribution is 9.12. The van der Waals surface area contributed by atoms with Gasteiger partial charge in [0.05, 0.1) is 12.8 Å². The van der Waals surface area contributed by atoms with Crippen molar-refractivity contribution in [3.05, 3.63) is 29.8 Å². The van der Waals surface area contributed by atoms with Gasteiger partial charge in [-0.25, -0.2) is 9.69 Å². The summed E-state index contributed by atoms with van der Waals surface area (Å²) >= 11 is 6.57. The van der Waals surface area contributed by atoms with Crippen LogP contribution in [0, 0.1) is 0 Å². The maximum atomic E-state index is 13.0. The number of halogens is 2. The van der Waals surface area contributed by atoms with Gasteiger partial charge in [-0.3, -0.25) is 9.59 Å². The number of fused-ring (bicyclic) bond motifs is 1. The predicted molar refractivity (Wildman–Crippen MR) is 95.5 cm³/mol. The number of benzene rings is 1. The van der Waals surface area contributed by atoms with Crippen LogP contribution in [-0.2, 0) is 23.4 Å². The topological polar surface area (TPSA) is 72.9 Å². The molecule has 6 nitrogen and oxygen atoms in total. The molecular formula is C16H17Br2NO5. The summed E-state index contributed by atoms with van der Waals surface area (Å²) in [5, 5.41) is 0. The number of imide groups is 1. The van der Waals surface area contributed by atoms with E-state index in [4.69, 9.17) is 9.47 Å². The summed E-state index contributed by atoms with van der Waals surface area (Å²) in [5.74, 6) is -1.26. The number of alkyl halides is 2. The van der Waals surface area contributed by atoms with Crippen molar-refractivity contribution in [2.24, 2.45) is 0 Å². The molecule has 24 heavy (non-hydrogen) atoms. The lowest BCUT2D eigenvalue weighted by molar-refractivity contribution is -0.141. The van der Waals surface area contributed by atoms with Gasteiger partial charge in [-0.05, 0) is 26.8 Å². The number of carbonyl (C=O) groups excluding carboxylic acids is 3. The molecule has 2 atom stereocenters. The van der Waals surface area contributed by atoms with Gasteiger partial charge < -0.3 is 9.47 Å². The van der Waals surface area contributed by atoms with Gasteiger partial charge in [-0.15, -0.1) is 0 Å². The lowest BCUT2D eigenvalue weighted by Crippen LogP contribution is -2.48. The molecule has 2 amide bonds. The quantitative estimate of drug-likeness (QED) is 0.496. The largest absolute Gasteiger partial charge is 0.468 e. The van der Waals surface area contributed by atoms with Crippen LogP contribution in [0.25, 0.3) is 0 Å². The van der Waals surface area contributed by atoms with Gasteiger partial charge in [-0.2, -0.15) is 0 Å². The van der Waals surface area contributed by atoms with Gasteiger partial charge in [0.15, 0.2) is 4.32 Å². The van der Waals surface area contributed by atoms with Crippen molar-refractivity contribution in [3.63, 3.8) is 0 Å². The molecule has 1 aliphatic rings. The number of hydrogen-bond donors (Lipinski definition) is 0. The third kappa shape index (κ3) is 3.09. The Hall–Kier alpha value is -1.41. The van der Waals surface area contributed by atoms with Crippen LogP contribution >= 0.6 is 31.9 Å². The minimum absolute atomic E-state index is 0.363. The molecule has 8 heteroatoms. The van der Waals surface area contributed by atoms with Gasteiger partial charge >= 0.3 is 12.1 Å². The number of methoxy groups -OCH3 is 1. The maximum absolute atomic E-state index is 13.0. The molecule has 0 saturated carbocycles. The minimum atomic E-state index is -1.46. The van der Waals surface area contributed by atoms with E-state index in [2.05, 4.69) is 31.9 Å². The van der Waals surface area contributed by atoms with Crippen LogP contribution in [0.1, 0.15) is 26.3 Å². The Morgan fingerprint density at radius 3 is 2.38 bits per heavy atom. The molecule has 0 saturated heterocycles. The molecule has 0 N–H and O–H groups in total. The van der Waals surface area contributed by atoms with Gasteiger partial charge in [0.2, 0.25) is 0 Å². The number of amides is 2. The monoisotopic (exact) mass is 461 g/mol. The van der Waals surface area contributed by atoms with E-state index < -0.39 is 32.7 Å². The van der Waals surface area contributed by atoms with Crippen LogP contribution in [0.4, 0.5) is 10.5 Å².